The summed E-state index contributed by atoms with van der Waals surface area (Å²) in [6, 6.07) is 6.67. The number of fused-ring (bicyclic) bond motifs is 1. The molecule has 0 aliphatic heterocycles. The van der Waals surface area contributed by atoms with Gasteiger partial charge in [0.2, 0.25) is 11.6 Å². The molecule has 1 N–H and O–H groups in total. The Kier molecular flexibility index (Phi) is 2.85. The molecular weight excluding hydrogens is 228 g/mol. The van der Waals surface area contributed by atoms with Crippen LogP contribution in [0.3, 0.4) is 0 Å². The minimum Gasteiger partial charge on any atom is -0.507 e. The standard InChI is InChI=1S/C15H16O3/c1-4-15(2,3)11-12(16)9-7-5-6-8-10(9)13(17)14(11)18/h5-8,16H,4H2,1-3H3. The number of carbonyl (C=O) groups is 2. The van der Waals surface area contributed by atoms with Crippen LogP contribution in [0, 0.1) is 5.41 Å². The van der Waals surface area contributed by atoms with Crippen molar-refractivity contribution in [3.63, 3.8) is 0 Å². The fraction of sp³-hybridized carbons (Fsp3) is 0.333. The molecule has 0 saturated heterocycles. The van der Waals surface area contributed by atoms with Crippen LogP contribution in [0.15, 0.2) is 29.8 Å². The highest BCUT2D eigenvalue weighted by Gasteiger charge is 2.39. The van der Waals surface area contributed by atoms with Gasteiger partial charge < -0.3 is 5.11 Å². The first-order chi connectivity index (χ1) is 8.40. The number of aliphatic hydroxyl groups is 1. The predicted octanol–water partition coefficient (Wildman–Crippen LogP) is 3.16. The fourth-order valence-electron chi connectivity index (χ4n) is 2.17. The number of hydrogen-bond donors (Lipinski definition) is 1. The highest BCUT2D eigenvalue weighted by molar-refractivity contribution is 6.52. The third-order valence-corrected chi connectivity index (χ3v) is 3.66. The first kappa shape index (κ1) is 12.6. The van der Waals surface area contributed by atoms with Crippen molar-refractivity contribution in [1.82, 2.24) is 0 Å². The van der Waals surface area contributed by atoms with Gasteiger partial charge in [-0.3, -0.25) is 9.59 Å². The van der Waals surface area contributed by atoms with Gasteiger partial charge in [0, 0.05) is 11.1 Å². The van der Waals surface area contributed by atoms with Crippen LogP contribution in [-0.4, -0.2) is 16.7 Å². The van der Waals surface area contributed by atoms with Crippen LogP contribution in [0.4, 0.5) is 0 Å². The number of benzene rings is 1. The van der Waals surface area contributed by atoms with Gasteiger partial charge in [-0.1, -0.05) is 45.0 Å². The molecule has 3 heteroatoms. The summed E-state index contributed by atoms with van der Waals surface area (Å²) in [6.07, 6.45) is 0.674. The Morgan fingerprint density at radius 3 is 2.17 bits per heavy atom. The quantitative estimate of drug-likeness (QED) is 0.813. The van der Waals surface area contributed by atoms with Crippen molar-refractivity contribution in [3.8, 4) is 0 Å². The van der Waals surface area contributed by atoms with Crippen molar-refractivity contribution in [1.29, 1.82) is 0 Å². The summed E-state index contributed by atoms with van der Waals surface area (Å²) >= 11 is 0. The van der Waals surface area contributed by atoms with Gasteiger partial charge in [0.05, 0.1) is 5.57 Å². The zero-order valence-electron chi connectivity index (χ0n) is 10.8. The van der Waals surface area contributed by atoms with Crippen LogP contribution in [0.1, 0.15) is 43.1 Å². The molecule has 0 saturated carbocycles. The van der Waals surface area contributed by atoms with Gasteiger partial charge in [-0.25, -0.2) is 0 Å². The lowest BCUT2D eigenvalue weighted by molar-refractivity contribution is -0.112. The van der Waals surface area contributed by atoms with Gasteiger partial charge in [-0.15, -0.1) is 0 Å². The summed E-state index contributed by atoms with van der Waals surface area (Å²) in [7, 11) is 0. The van der Waals surface area contributed by atoms with E-state index in [0.29, 0.717) is 12.0 Å². The van der Waals surface area contributed by atoms with Crippen molar-refractivity contribution in [3.05, 3.63) is 41.0 Å². The van der Waals surface area contributed by atoms with E-state index in [4.69, 9.17) is 0 Å². The smallest absolute Gasteiger partial charge is 0.234 e. The van der Waals surface area contributed by atoms with Crippen molar-refractivity contribution in [2.75, 3.05) is 0 Å². The number of Topliss-reactive ketones (excluding diaryl/α,β-unsaturated/α-hetero) is 2. The van der Waals surface area contributed by atoms with E-state index in [0.717, 1.165) is 0 Å². The number of rotatable bonds is 2. The van der Waals surface area contributed by atoms with E-state index in [-0.39, 0.29) is 16.9 Å². The second kappa shape index (κ2) is 4.09. The van der Waals surface area contributed by atoms with Gasteiger partial charge in [0.25, 0.3) is 0 Å². The molecule has 0 spiro atoms. The van der Waals surface area contributed by atoms with E-state index in [1.807, 2.05) is 20.8 Å². The van der Waals surface area contributed by atoms with Crippen LogP contribution in [-0.2, 0) is 4.79 Å². The lowest BCUT2D eigenvalue weighted by Crippen LogP contribution is -2.31. The average molecular weight is 244 g/mol. The van der Waals surface area contributed by atoms with Crippen LogP contribution in [0.25, 0.3) is 5.76 Å². The first-order valence-electron chi connectivity index (χ1n) is 6.02. The topological polar surface area (TPSA) is 54.4 Å². The lowest BCUT2D eigenvalue weighted by Gasteiger charge is -2.29. The van der Waals surface area contributed by atoms with Crippen LogP contribution >= 0.6 is 0 Å². The SMILES string of the molecule is CCC(C)(C)C1=C(O)c2ccccc2C(=O)C1=O. The van der Waals surface area contributed by atoms with Crippen LogP contribution in [0.5, 0.6) is 0 Å². The Morgan fingerprint density at radius 1 is 1.06 bits per heavy atom. The van der Waals surface area contributed by atoms with E-state index in [1.165, 1.54) is 0 Å². The summed E-state index contributed by atoms with van der Waals surface area (Å²) in [5.74, 6) is -1.17. The molecule has 1 aliphatic rings. The number of ketones is 2. The molecule has 3 nitrogen and oxygen atoms in total. The molecule has 0 fully saturated rings. The number of allylic oxidation sites excluding steroid dienone is 1. The van der Waals surface area contributed by atoms with Gasteiger partial charge in [-0.2, -0.15) is 0 Å². The second-order valence-electron chi connectivity index (χ2n) is 5.16. The Balaban J connectivity index is 2.74. The molecule has 0 heterocycles. The Morgan fingerprint density at radius 2 is 1.61 bits per heavy atom. The molecule has 0 aromatic heterocycles. The zero-order valence-corrected chi connectivity index (χ0v) is 10.8. The van der Waals surface area contributed by atoms with Crippen molar-refractivity contribution in [2.45, 2.75) is 27.2 Å². The molecule has 0 atom stereocenters. The Hall–Kier alpha value is -1.90. The maximum Gasteiger partial charge on any atom is 0.234 e. The second-order valence-corrected chi connectivity index (χ2v) is 5.16. The number of hydrogen-bond acceptors (Lipinski definition) is 3. The summed E-state index contributed by atoms with van der Waals surface area (Å²) in [6.45, 7) is 5.65. The molecule has 1 aromatic carbocycles. The predicted molar refractivity (Wildman–Crippen MR) is 69.4 cm³/mol. The third-order valence-electron chi connectivity index (χ3n) is 3.66. The van der Waals surface area contributed by atoms with Crippen molar-refractivity contribution >= 4 is 17.3 Å². The van der Waals surface area contributed by atoms with E-state index in [9.17, 15) is 14.7 Å². The molecule has 1 aromatic rings. The largest absolute Gasteiger partial charge is 0.507 e. The van der Waals surface area contributed by atoms with Crippen LogP contribution < -0.4 is 0 Å². The Bertz CT molecular complexity index is 565. The molecule has 0 radical (unpaired) electrons. The summed E-state index contributed by atoms with van der Waals surface area (Å²) in [5, 5.41) is 10.3. The van der Waals surface area contributed by atoms with Crippen molar-refractivity contribution < 1.29 is 14.7 Å². The van der Waals surface area contributed by atoms with E-state index in [1.54, 1.807) is 24.3 Å². The molecule has 0 bridgehead atoms. The first-order valence-corrected chi connectivity index (χ1v) is 6.02. The summed E-state index contributed by atoms with van der Waals surface area (Å²) in [5.41, 5.74) is 0.465. The van der Waals surface area contributed by atoms with Gasteiger partial charge >= 0.3 is 0 Å². The molecule has 0 unspecified atom stereocenters. The molecule has 94 valence electrons. The zero-order chi connectivity index (χ0) is 13.5. The average Bonchev–Trinajstić information content (AvgIpc) is 2.36. The normalized spacial score (nSPS) is 15.9. The maximum atomic E-state index is 12.1. The van der Waals surface area contributed by atoms with Gasteiger partial charge in [-0.05, 0) is 11.8 Å². The van der Waals surface area contributed by atoms with Crippen LogP contribution in [0.2, 0.25) is 0 Å². The highest BCUT2D eigenvalue weighted by Crippen LogP contribution is 2.39. The van der Waals surface area contributed by atoms with Crippen molar-refractivity contribution in [2.24, 2.45) is 5.41 Å². The lowest BCUT2D eigenvalue weighted by atomic mass is 9.73. The maximum absolute atomic E-state index is 12.1. The monoisotopic (exact) mass is 244 g/mol. The molecular formula is C15H16O3. The van der Waals surface area contributed by atoms with Gasteiger partial charge in [0.15, 0.2) is 0 Å². The third kappa shape index (κ3) is 1.67. The van der Waals surface area contributed by atoms with E-state index < -0.39 is 17.0 Å². The molecule has 1 aliphatic carbocycles. The molecule has 18 heavy (non-hydrogen) atoms. The van der Waals surface area contributed by atoms with Gasteiger partial charge in [0.1, 0.15) is 5.76 Å². The van der Waals surface area contributed by atoms with E-state index >= 15 is 0 Å². The molecule has 0 amide bonds. The fourth-order valence-corrected chi connectivity index (χ4v) is 2.17. The summed E-state index contributed by atoms with van der Waals surface area (Å²) in [4.78, 5) is 24.2. The van der Waals surface area contributed by atoms with E-state index in [2.05, 4.69) is 0 Å². The summed E-state index contributed by atoms with van der Waals surface area (Å²) < 4.78 is 0. The molecule has 2 rings (SSSR count). The minimum absolute atomic E-state index is 0.0537. The number of aliphatic hydroxyl groups excluding tert-OH is 1. The number of carbonyl (C=O) groups excluding carboxylic acids is 2. The minimum atomic E-state index is -0.585. The Labute approximate surface area is 106 Å². The highest BCUT2D eigenvalue weighted by atomic mass is 16.3.